The molecular formula is C25H18N2O2S. The first-order valence-corrected chi connectivity index (χ1v) is 10.9. The Kier molecular flexibility index (Phi) is 3.97. The molecule has 4 nitrogen and oxygen atoms in total. The van der Waals surface area contributed by atoms with E-state index >= 15 is 0 Å². The standard InChI is InChI=1S/C25H18N2O2S/c28-30-26-16-18-6-5-9-20(25(18)29-30)17-12-14-19(15-13-17)27-23-10-3-1-7-21(23)22-8-2-4-11-24(22)27/h1-15,26H,16H2. The fraction of sp³-hybridized carbons (Fsp3) is 0.0400. The van der Waals surface area contributed by atoms with Crippen LogP contribution in [0, 0.1) is 0 Å². The minimum absolute atomic E-state index is 0.537. The molecule has 0 bridgehead atoms. The summed E-state index contributed by atoms with van der Waals surface area (Å²) in [5, 5.41) is 2.50. The number of hydrogen-bond donors (Lipinski definition) is 1. The van der Waals surface area contributed by atoms with Gasteiger partial charge in [0.25, 0.3) is 11.3 Å². The van der Waals surface area contributed by atoms with E-state index in [2.05, 4.69) is 82.1 Å². The minimum Gasteiger partial charge on any atom is -0.388 e. The Balaban J connectivity index is 1.50. The Morgan fingerprint density at radius 3 is 2.13 bits per heavy atom. The van der Waals surface area contributed by atoms with Crippen molar-refractivity contribution in [2.45, 2.75) is 6.54 Å². The van der Waals surface area contributed by atoms with E-state index in [4.69, 9.17) is 4.18 Å². The van der Waals surface area contributed by atoms with Gasteiger partial charge in [0.05, 0.1) is 11.0 Å². The highest BCUT2D eigenvalue weighted by Gasteiger charge is 2.20. The van der Waals surface area contributed by atoms with Crippen molar-refractivity contribution < 1.29 is 8.39 Å². The van der Waals surface area contributed by atoms with E-state index in [1.165, 1.54) is 21.8 Å². The maximum atomic E-state index is 11.8. The molecule has 1 N–H and O–H groups in total. The zero-order chi connectivity index (χ0) is 20.1. The number of aromatic nitrogens is 1. The lowest BCUT2D eigenvalue weighted by atomic mass is 10.0. The maximum Gasteiger partial charge on any atom is 0.288 e. The van der Waals surface area contributed by atoms with Crippen LogP contribution in [-0.4, -0.2) is 8.78 Å². The second kappa shape index (κ2) is 6.83. The Bertz CT molecular complexity index is 1380. The largest absolute Gasteiger partial charge is 0.388 e. The lowest BCUT2D eigenvalue weighted by Gasteiger charge is -2.19. The third-order valence-electron chi connectivity index (χ3n) is 5.65. The monoisotopic (exact) mass is 410 g/mol. The van der Waals surface area contributed by atoms with E-state index in [0.29, 0.717) is 12.3 Å². The van der Waals surface area contributed by atoms with Gasteiger partial charge in [-0.2, -0.15) is 8.93 Å². The summed E-state index contributed by atoms with van der Waals surface area (Å²) >= 11 is -1.50. The Hall–Kier alpha value is -3.41. The SMILES string of the molecule is O=S1NCc2cccc(-c3ccc(-n4c5ccccc5c5ccccc54)cc3)c2O1. The molecule has 0 saturated heterocycles. The smallest absolute Gasteiger partial charge is 0.288 e. The van der Waals surface area contributed by atoms with Gasteiger partial charge in [-0.1, -0.05) is 66.7 Å². The first-order chi connectivity index (χ1) is 14.8. The van der Waals surface area contributed by atoms with Gasteiger partial charge in [0.2, 0.25) is 0 Å². The molecule has 1 aromatic heterocycles. The summed E-state index contributed by atoms with van der Waals surface area (Å²) in [6.45, 7) is 0.537. The highest BCUT2D eigenvalue weighted by atomic mass is 32.2. The number of benzene rings is 4. The van der Waals surface area contributed by atoms with E-state index < -0.39 is 11.3 Å². The molecule has 1 aliphatic heterocycles. The zero-order valence-corrected chi connectivity index (χ0v) is 16.9. The van der Waals surface area contributed by atoms with Crippen LogP contribution in [0.3, 0.4) is 0 Å². The third kappa shape index (κ3) is 2.67. The molecule has 0 radical (unpaired) electrons. The predicted molar refractivity (Wildman–Crippen MR) is 122 cm³/mol. The van der Waals surface area contributed by atoms with Gasteiger partial charge >= 0.3 is 0 Å². The molecular weight excluding hydrogens is 392 g/mol. The van der Waals surface area contributed by atoms with Crippen molar-refractivity contribution in [1.29, 1.82) is 0 Å². The molecule has 0 fully saturated rings. The summed E-state index contributed by atoms with van der Waals surface area (Å²) in [4.78, 5) is 0. The summed E-state index contributed by atoms with van der Waals surface area (Å²) < 4.78 is 22.6. The van der Waals surface area contributed by atoms with Crippen LogP contribution in [0.4, 0.5) is 0 Å². The van der Waals surface area contributed by atoms with Gasteiger partial charge < -0.3 is 8.75 Å². The molecule has 0 aliphatic carbocycles. The summed E-state index contributed by atoms with van der Waals surface area (Å²) in [6, 6.07) is 31.5. The predicted octanol–water partition coefficient (Wildman–Crippen LogP) is 5.51. The van der Waals surface area contributed by atoms with Crippen molar-refractivity contribution in [3.05, 3.63) is 96.6 Å². The number of para-hydroxylation sites is 3. The second-order valence-electron chi connectivity index (χ2n) is 7.35. The molecule has 1 unspecified atom stereocenters. The molecule has 0 saturated carbocycles. The van der Waals surface area contributed by atoms with Crippen LogP contribution in [0.5, 0.6) is 5.75 Å². The van der Waals surface area contributed by atoms with Gasteiger partial charge in [0.1, 0.15) is 0 Å². The maximum absolute atomic E-state index is 11.8. The van der Waals surface area contributed by atoms with Crippen molar-refractivity contribution in [3.8, 4) is 22.6 Å². The molecule has 0 amide bonds. The van der Waals surface area contributed by atoms with Gasteiger partial charge in [-0.25, -0.2) is 0 Å². The number of hydrogen-bond acceptors (Lipinski definition) is 2. The summed E-state index contributed by atoms with van der Waals surface area (Å²) in [7, 11) is 0. The number of fused-ring (bicyclic) bond motifs is 4. The fourth-order valence-corrected chi connectivity index (χ4v) is 4.96. The van der Waals surface area contributed by atoms with E-state index in [0.717, 1.165) is 22.4 Å². The number of nitrogens with one attached hydrogen (secondary N) is 1. The van der Waals surface area contributed by atoms with Crippen molar-refractivity contribution in [2.24, 2.45) is 0 Å². The summed E-state index contributed by atoms with van der Waals surface area (Å²) in [5.41, 5.74) is 6.48. The second-order valence-corrected chi connectivity index (χ2v) is 8.27. The molecule has 5 aromatic rings. The van der Waals surface area contributed by atoms with Gasteiger partial charge in [-0.3, -0.25) is 0 Å². The average Bonchev–Trinajstić information content (AvgIpc) is 3.13. The van der Waals surface area contributed by atoms with Crippen LogP contribution in [0.1, 0.15) is 5.56 Å². The van der Waals surface area contributed by atoms with Crippen LogP contribution in [0.25, 0.3) is 38.6 Å². The third-order valence-corrected chi connectivity index (χ3v) is 6.35. The van der Waals surface area contributed by atoms with Crippen LogP contribution in [0.15, 0.2) is 91.0 Å². The normalized spacial score (nSPS) is 15.8. The number of nitrogens with zero attached hydrogens (tertiary/aromatic N) is 1. The van der Waals surface area contributed by atoms with Gasteiger partial charge in [-0.05, 0) is 29.8 Å². The van der Waals surface area contributed by atoms with E-state index in [1.54, 1.807) is 0 Å². The highest BCUT2D eigenvalue weighted by Crippen LogP contribution is 2.37. The molecule has 1 aliphatic rings. The van der Waals surface area contributed by atoms with E-state index in [9.17, 15) is 4.21 Å². The van der Waals surface area contributed by atoms with Crippen molar-refractivity contribution >= 4 is 33.1 Å². The average molecular weight is 410 g/mol. The molecule has 6 rings (SSSR count). The van der Waals surface area contributed by atoms with Gasteiger partial charge in [0.15, 0.2) is 5.75 Å². The van der Waals surface area contributed by atoms with Crippen molar-refractivity contribution in [2.75, 3.05) is 0 Å². The Morgan fingerprint density at radius 1 is 0.767 bits per heavy atom. The van der Waals surface area contributed by atoms with Crippen LogP contribution in [0.2, 0.25) is 0 Å². The molecule has 30 heavy (non-hydrogen) atoms. The van der Waals surface area contributed by atoms with Crippen molar-refractivity contribution in [1.82, 2.24) is 9.29 Å². The Morgan fingerprint density at radius 2 is 1.43 bits per heavy atom. The van der Waals surface area contributed by atoms with Gasteiger partial charge in [0, 0.05) is 34.1 Å². The molecule has 2 heterocycles. The molecule has 5 heteroatoms. The Labute approximate surface area is 176 Å². The fourth-order valence-electron chi connectivity index (χ4n) is 4.28. The van der Waals surface area contributed by atoms with Crippen molar-refractivity contribution in [3.63, 3.8) is 0 Å². The van der Waals surface area contributed by atoms with Crippen LogP contribution >= 0.6 is 0 Å². The summed E-state index contributed by atoms with van der Waals surface area (Å²) in [6.07, 6.45) is 0. The van der Waals surface area contributed by atoms with E-state index in [1.807, 2.05) is 18.2 Å². The molecule has 1 atom stereocenters. The molecule has 4 aromatic carbocycles. The topological polar surface area (TPSA) is 43.3 Å². The van der Waals surface area contributed by atoms with E-state index in [-0.39, 0.29) is 0 Å². The number of rotatable bonds is 2. The summed E-state index contributed by atoms with van der Waals surface area (Å²) in [5.74, 6) is 0.694. The highest BCUT2D eigenvalue weighted by molar-refractivity contribution is 7.78. The molecule has 0 spiro atoms. The van der Waals surface area contributed by atoms with Crippen LogP contribution < -0.4 is 8.91 Å². The minimum atomic E-state index is -1.50. The first-order valence-electron chi connectivity index (χ1n) is 9.84. The van der Waals surface area contributed by atoms with Gasteiger partial charge in [-0.15, -0.1) is 0 Å². The lowest BCUT2D eigenvalue weighted by Crippen LogP contribution is -2.26. The molecule has 146 valence electrons. The lowest BCUT2D eigenvalue weighted by molar-refractivity contribution is 0.525. The first kappa shape index (κ1) is 17.4. The zero-order valence-electron chi connectivity index (χ0n) is 16.0. The quantitative estimate of drug-likeness (QED) is 0.417. The van der Waals surface area contributed by atoms with Crippen LogP contribution in [-0.2, 0) is 17.8 Å².